The summed E-state index contributed by atoms with van der Waals surface area (Å²) in [6.07, 6.45) is 2.81. The number of benzene rings is 1. The average Bonchev–Trinajstić information content (AvgIpc) is 2.29. The van der Waals surface area contributed by atoms with Gasteiger partial charge in [0.2, 0.25) is 10.0 Å². The summed E-state index contributed by atoms with van der Waals surface area (Å²) >= 11 is 1.70. The van der Waals surface area contributed by atoms with Gasteiger partial charge in [-0.25, -0.2) is 13.1 Å². The smallest absolute Gasteiger partial charge is 0.241 e. The highest BCUT2D eigenvalue weighted by Gasteiger charge is 2.19. The zero-order chi connectivity index (χ0) is 13.8. The lowest BCUT2D eigenvalue weighted by Gasteiger charge is -2.15. The molecule has 0 aromatic heterocycles. The third kappa shape index (κ3) is 3.90. The fraction of sp³-hybridized carbons (Fsp3) is 0.500. The van der Waals surface area contributed by atoms with E-state index < -0.39 is 10.0 Å². The molecule has 0 amide bonds. The maximum atomic E-state index is 12.2. The molecule has 6 heteroatoms. The molecule has 1 aromatic carbocycles. The summed E-state index contributed by atoms with van der Waals surface area (Å²) in [5.74, 6) is 0.930. The molecule has 0 aliphatic heterocycles. The molecule has 0 aliphatic rings. The third-order valence-corrected chi connectivity index (χ3v) is 5.10. The van der Waals surface area contributed by atoms with E-state index >= 15 is 0 Å². The fourth-order valence-electron chi connectivity index (χ4n) is 1.60. The summed E-state index contributed by atoms with van der Waals surface area (Å²) in [4.78, 5) is 0.263. The number of hydrogen-bond acceptors (Lipinski definition) is 4. The predicted octanol–water partition coefficient (Wildman–Crippen LogP) is 2.00. The minimum Gasteiger partial charge on any atom is -0.398 e. The zero-order valence-corrected chi connectivity index (χ0v) is 12.6. The van der Waals surface area contributed by atoms with Gasteiger partial charge in [-0.1, -0.05) is 6.07 Å². The molecule has 0 fully saturated rings. The average molecular weight is 288 g/mol. The van der Waals surface area contributed by atoms with Crippen LogP contribution in [0.25, 0.3) is 0 Å². The van der Waals surface area contributed by atoms with Gasteiger partial charge in [0.25, 0.3) is 0 Å². The molecular formula is C12H20N2O2S2. The van der Waals surface area contributed by atoms with Gasteiger partial charge in [0.05, 0.1) is 4.90 Å². The van der Waals surface area contributed by atoms with Gasteiger partial charge in [-0.15, -0.1) is 0 Å². The molecule has 1 rings (SSSR count). The predicted molar refractivity (Wildman–Crippen MR) is 78.4 cm³/mol. The van der Waals surface area contributed by atoms with Crippen molar-refractivity contribution in [1.29, 1.82) is 0 Å². The van der Waals surface area contributed by atoms with Crippen LogP contribution in [0.2, 0.25) is 0 Å². The Kier molecular flexibility index (Phi) is 5.49. The number of nitrogens with two attached hydrogens (primary N) is 1. The van der Waals surface area contributed by atoms with E-state index in [-0.39, 0.29) is 10.9 Å². The Bertz CT molecular complexity index is 501. The Morgan fingerprint density at radius 2 is 2.11 bits per heavy atom. The van der Waals surface area contributed by atoms with Gasteiger partial charge in [0.1, 0.15) is 0 Å². The maximum absolute atomic E-state index is 12.2. The number of nitrogens with one attached hydrogen (secondary N) is 1. The lowest BCUT2D eigenvalue weighted by molar-refractivity contribution is 0.556. The Labute approximate surface area is 113 Å². The quantitative estimate of drug-likeness (QED) is 0.785. The molecule has 0 spiro atoms. The molecule has 4 nitrogen and oxygen atoms in total. The van der Waals surface area contributed by atoms with E-state index in [1.165, 1.54) is 0 Å². The van der Waals surface area contributed by atoms with E-state index in [0.717, 1.165) is 12.2 Å². The Hall–Kier alpha value is -0.720. The second kappa shape index (κ2) is 6.45. The Morgan fingerprint density at radius 1 is 1.44 bits per heavy atom. The van der Waals surface area contributed by atoms with E-state index in [4.69, 9.17) is 5.73 Å². The number of rotatable bonds is 6. The summed E-state index contributed by atoms with van der Waals surface area (Å²) in [7, 11) is -3.48. The van der Waals surface area contributed by atoms with E-state index in [9.17, 15) is 8.42 Å². The summed E-state index contributed by atoms with van der Waals surface area (Å²) in [5, 5.41) is 0. The zero-order valence-electron chi connectivity index (χ0n) is 10.9. The van der Waals surface area contributed by atoms with Crippen LogP contribution >= 0.6 is 11.8 Å². The minimum atomic E-state index is -3.48. The van der Waals surface area contributed by atoms with Gasteiger partial charge < -0.3 is 5.73 Å². The van der Waals surface area contributed by atoms with Crippen molar-refractivity contribution in [2.24, 2.45) is 0 Å². The first-order chi connectivity index (χ1) is 8.38. The number of sulfonamides is 1. The van der Waals surface area contributed by atoms with Crippen molar-refractivity contribution in [2.45, 2.75) is 31.2 Å². The largest absolute Gasteiger partial charge is 0.398 e. The third-order valence-electron chi connectivity index (χ3n) is 2.73. The molecule has 1 aromatic rings. The molecule has 0 saturated carbocycles. The highest BCUT2D eigenvalue weighted by atomic mass is 32.2. The molecule has 1 atom stereocenters. The van der Waals surface area contributed by atoms with Crippen molar-refractivity contribution in [2.75, 3.05) is 17.7 Å². The maximum Gasteiger partial charge on any atom is 0.241 e. The van der Waals surface area contributed by atoms with Crippen LogP contribution in [0.3, 0.4) is 0 Å². The van der Waals surface area contributed by atoms with Crippen molar-refractivity contribution in [3.8, 4) is 0 Å². The van der Waals surface area contributed by atoms with Crippen LogP contribution in [-0.2, 0) is 10.0 Å². The summed E-state index contributed by atoms with van der Waals surface area (Å²) in [6, 6.07) is 4.85. The van der Waals surface area contributed by atoms with Crippen LogP contribution < -0.4 is 10.5 Å². The number of nitrogen functional groups attached to an aromatic ring is 1. The highest BCUT2D eigenvalue weighted by Crippen LogP contribution is 2.20. The normalized spacial score (nSPS) is 13.5. The van der Waals surface area contributed by atoms with Crippen LogP contribution in [0.5, 0.6) is 0 Å². The van der Waals surface area contributed by atoms with Gasteiger partial charge in [0.15, 0.2) is 0 Å². The van der Waals surface area contributed by atoms with Crippen molar-refractivity contribution < 1.29 is 8.42 Å². The summed E-state index contributed by atoms with van der Waals surface area (Å²) in [5.41, 5.74) is 6.83. The van der Waals surface area contributed by atoms with Crippen LogP contribution in [0.4, 0.5) is 5.69 Å². The molecule has 0 radical (unpaired) electrons. The Morgan fingerprint density at radius 3 is 2.72 bits per heavy atom. The monoisotopic (exact) mass is 288 g/mol. The second-order valence-electron chi connectivity index (χ2n) is 4.27. The topological polar surface area (TPSA) is 72.2 Å². The van der Waals surface area contributed by atoms with Gasteiger partial charge >= 0.3 is 0 Å². The first kappa shape index (κ1) is 15.3. The number of anilines is 1. The molecular weight excluding hydrogens is 268 g/mol. The minimum absolute atomic E-state index is 0.0803. The van der Waals surface area contributed by atoms with Crippen LogP contribution in [0, 0.1) is 6.92 Å². The van der Waals surface area contributed by atoms with E-state index in [0.29, 0.717) is 11.3 Å². The van der Waals surface area contributed by atoms with Gasteiger partial charge in [0, 0.05) is 11.7 Å². The van der Waals surface area contributed by atoms with E-state index in [1.807, 2.05) is 13.2 Å². The van der Waals surface area contributed by atoms with E-state index in [1.54, 1.807) is 36.9 Å². The van der Waals surface area contributed by atoms with Crippen molar-refractivity contribution in [3.63, 3.8) is 0 Å². The van der Waals surface area contributed by atoms with Crippen LogP contribution in [0.1, 0.15) is 18.9 Å². The van der Waals surface area contributed by atoms with Crippen molar-refractivity contribution in [1.82, 2.24) is 4.72 Å². The molecule has 1 unspecified atom stereocenters. The Balaban J connectivity index is 2.90. The number of hydrogen-bond donors (Lipinski definition) is 2. The summed E-state index contributed by atoms with van der Waals surface area (Å²) in [6.45, 7) is 3.59. The lowest BCUT2D eigenvalue weighted by Crippen LogP contribution is -2.33. The molecule has 0 saturated heterocycles. The van der Waals surface area contributed by atoms with E-state index in [2.05, 4.69) is 4.72 Å². The van der Waals surface area contributed by atoms with Crippen LogP contribution in [0.15, 0.2) is 23.1 Å². The molecule has 18 heavy (non-hydrogen) atoms. The molecule has 3 N–H and O–H groups in total. The molecule has 0 bridgehead atoms. The molecule has 102 valence electrons. The van der Waals surface area contributed by atoms with Crippen molar-refractivity contribution >= 4 is 27.5 Å². The van der Waals surface area contributed by atoms with Gasteiger partial charge in [-0.2, -0.15) is 11.8 Å². The second-order valence-corrected chi connectivity index (χ2v) is 6.94. The first-order valence-electron chi connectivity index (χ1n) is 5.75. The summed E-state index contributed by atoms with van der Waals surface area (Å²) < 4.78 is 27.1. The molecule has 0 aliphatic carbocycles. The SMILES string of the molecule is CSCCC(C)NS(=O)(=O)c1cccc(N)c1C. The van der Waals surface area contributed by atoms with Gasteiger partial charge in [-0.3, -0.25) is 0 Å². The highest BCUT2D eigenvalue weighted by molar-refractivity contribution is 7.98. The fourth-order valence-corrected chi connectivity index (χ4v) is 3.75. The first-order valence-corrected chi connectivity index (χ1v) is 8.62. The number of thioether (sulfide) groups is 1. The standard InChI is InChI=1S/C12H20N2O2S2/c1-9(7-8-17-3)14-18(15,16)12-6-4-5-11(13)10(12)2/h4-6,9,14H,7-8,13H2,1-3H3. The van der Waals surface area contributed by atoms with Crippen LogP contribution in [-0.4, -0.2) is 26.5 Å². The van der Waals surface area contributed by atoms with Crippen molar-refractivity contribution in [3.05, 3.63) is 23.8 Å². The molecule has 0 heterocycles. The van der Waals surface area contributed by atoms with Gasteiger partial charge in [-0.05, 0) is 50.0 Å². The lowest BCUT2D eigenvalue weighted by atomic mass is 10.2.